The number of alkyl halides is 3. The minimum Gasteiger partial charge on any atom is -0.480 e. The quantitative estimate of drug-likeness (QED) is 0.166. The summed E-state index contributed by atoms with van der Waals surface area (Å²) in [5.74, 6) is -5.86. The summed E-state index contributed by atoms with van der Waals surface area (Å²) < 4.78 is 70.6. The first-order chi connectivity index (χ1) is 21.8. The highest BCUT2D eigenvalue weighted by atomic mass is 19.4. The first-order valence-electron chi connectivity index (χ1n) is 14.1. The number of hydrogen-bond acceptors (Lipinski definition) is 5. The average Bonchev–Trinajstić information content (AvgIpc) is 3.00. The van der Waals surface area contributed by atoms with Crippen LogP contribution in [0.15, 0.2) is 77.7 Å². The van der Waals surface area contributed by atoms with Gasteiger partial charge in [0.15, 0.2) is 0 Å². The molecule has 0 aliphatic rings. The number of amides is 1. The van der Waals surface area contributed by atoms with Gasteiger partial charge in [-0.05, 0) is 47.7 Å². The minimum absolute atomic E-state index is 0.275. The van der Waals surface area contributed by atoms with E-state index in [9.17, 15) is 41.4 Å². The molecule has 3 aromatic carbocycles. The topological polar surface area (TPSA) is 113 Å². The Kier molecular flexibility index (Phi) is 8.77. The molecule has 238 valence electrons. The lowest BCUT2D eigenvalue weighted by molar-refractivity contribution is -0.143. The molecule has 2 atom stereocenters. The van der Waals surface area contributed by atoms with E-state index in [-0.39, 0.29) is 12.0 Å². The molecule has 0 radical (unpaired) electrons. The van der Waals surface area contributed by atoms with Crippen molar-refractivity contribution in [1.82, 2.24) is 14.9 Å². The van der Waals surface area contributed by atoms with Crippen LogP contribution in [-0.4, -0.2) is 44.8 Å². The van der Waals surface area contributed by atoms with Gasteiger partial charge in [-0.1, -0.05) is 43.3 Å². The molecule has 1 amide bonds. The minimum atomic E-state index is -4.69. The normalized spacial score (nSPS) is 13.0. The molecule has 0 aliphatic heterocycles. The van der Waals surface area contributed by atoms with Crippen molar-refractivity contribution in [1.29, 1.82) is 0 Å². The highest BCUT2D eigenvalue weighted by molar-refractivity contribution is 5.99. The lowest BCUT2D eigenvalue weighted by Gasteiger charge is -2.22. The predicted molar refractivity (Wildman–Crippen MR) is 163 cm³/mol. The van der Waals surface area contributed by atoms with Crippen LogP contribution in [0.1, 0.15) is 29.3 Å². The molecule has 0 aliphatic carbocycles. The molecule has 13 heteroatoms. The number of pyridine rings is 2. The van der Waals surface area contributed by atoms with E-state index in [4.69, 9.17) is 0 Å². The number of aryl methyl sites for hydroxylation is 1. The highest BCUT2D eigenvalue weighted by Crippen LogP contribution is 2.31. The fourth-order valence-corrected chi connectivity index (χ4v) is 5.38. The Balaban J connectivity index is 1.45. The SMILES string of the molecule is CC[C@@H](Nc1cc(F)c(C(=O)N[C@@H](Cc2ccc(-c3cc4ccccc4n(C)c3=O)c3ncccc23)C(=O)O)c(F)c1)C(F)(F)F. The molecule has 0 unspecified atom stereocenters. The van der Waals surface area contributed by atoms with Crippen molar-refractivity contribution in [3.63, 3.8) is 0 Å². The number of carbonyl (C=O) groups excluding carboxylic acids is 1. The number of fused-ring (bicyclic) bond motifs is 2. The third kappa shape index (κ3) is 6.25. The van der Waals surface area contributed by atoms with Gasteiger partial charge in [-0.25, -0.2) is 13.6 Å². The molecule has 0 bridgehead atoms. The van der Waals surface area contributed by atoms with E-state index in [0.717, 1.165) is 10.9 Å². The van der Waals surface area contributed by atoms with Gasteiger partial charge in [0.25, 0.3) is 11.5 Å². The number of nitrogens with one attached hydrogen (secondary N) is 2. The number of nitrogens with zero attached hydrogens (tertiary/aromatic N) is 2. The summed E-state index contributed by atoms with van der Waals surface area (Å²) in [7, 11) is 1.65. The fourth-order valence-electron chi connectivity index (χ4n) is 5.38. The molecule has 0 saturated carbocycles. The van der Waals surface area contributed by atoms with Crippen LogP contribution in [0.4, 0.5) is 27.6 Å². The Morgan fingerprint density at radius 1 is 0.978 bits per heavy atom. The van der Waals surface area contributed by atoms with Gasteiger partial charge in [-0.15, -0.1) is 0 Å². The van der Waals surface area contributed by atoms with E-state index in [1.807, 2.05) is 29.6 Å². The zero-order valence-corrected chi connectivity index (χ0v) is 24.5. The number of carbonyl (C=O) groups is 2. The Labute approximate surface area is 258 Å². The van der Waals surface area contributed by atoms with Crippen molar-refractivity contribution in [3.8, 4) is 11.1 Å². The van der Waals surface area contributed by atoms with Crippen LogP contribution in [0.25, 0.3) is 32.9 Å². The van der Waals surface area contributed by atoms with Crippen LogP contribution in [0, 0.1) is 11.6 Å². The second-order valence-electron chi connectivity index (χ2n) is 10.7. The molecule has 0 fully saturated rings. The number of rotatable bonds is 9. The lowest BCUT2D eigenvalue weighted by Crippen LogP contribution is -2.43. The van der Waals surface area contributed by atoms with Gasteiger partial charge in [0.2, 0.25) is 0 Å². The van der Waals surface area contributed by atoms with E-state index >= 15 is 0 Å². The molecule has 0 spiro atoms. The van der Waals surface area contributed by atoms with Crippen molar-refractivity contribution in [2.75, 3.05) is 5.32 Å². The molecular weight excluding hydrogens is 611 g/mol. The second-order valence-corrected chi connectivity index (χ2v) is 10.7. The summed E-state index contributed by atoms with van der Waals surface area (Å²) in [6.45, 7) is 1.24. The van der Waals surface area contributed by atoms with Crippen molar-refractivity contribution in [2.45, 2.75) is 38.0 Å². The number of benzene rings is 3. The number of halogens is 5. The van der Waals surface area contributed by atoms with Gasteiger partial charge in [-0.2, -0.15) is 13.2 Å². The van der Waals surface area contributed by atoms with Crippen molar-refractivity contribution < 1.29 is 36.6 Å². The summed E-state index contributed by atoms with van der Waals surface area (Å²) in [6.07, 6.45) is -3.92. The molecule has 46 heavy (non-hydrogen) atoms. The monoisotopic (exact) mass is 638 g/mol. The number of aliphatic carboxylic acids is 1. The fraction of sp³-hybridized carbons (Fsp3) is 0.212. The van der Waals surface area contributed by atoms with Crippen LogP contribution < -0.4 is 16.2 Å². The zero-order valence-electron chi connectivity index (χ0n) is 24.5. The first kappa shape index (κ1) is 32.1. The third-order valence-corrected chi connectivity index (χ3v) is 7.72. The van der Waals surface area contributed by atoms with Crippen LogP contribution in [0.5, 0.6) is 0 Å². The maximum atomic E-state index is 14.9. The lowest BCUT2D eigenvalue weighted by atomic mass is 9.95. The molecule has 0 saturated heterocycles. The Hall–Kier alpha value is -5.33. The third-order valence-electron chi connectivity index (χ3n) is 7.72. The van der Waals surface area contributed by atoms with E-state index in [1.54, 1.807) is 37.4 Å². The van der Waals surface area contributed by atoms with Crippen molar-refractivity contribution in [3.05, 3.63) is 106 Å². The Morgan fingerprint density at radius 2 is 1.67 bits per heavy atom. The second kappa shape index (κ2) is 12.6. The van der Waals surface area contributed by atoms with Crippen LogP contribution in [0.2, 0.25) is 0 Å². The number of aromatic nitrogens is 2. The number of anilines is 1. The van der Waals surface area contributed by atoms with Gasteiger partial charge < -0.3 is 20.3 Å². The van der Waals surface area contributed by atoms with Crippen LogP contribution >= 0.6 is 0 Å². The maximum absolute atomic E-state index is 14.9. The smallest absolute Gasteiger partial charge is 0.408 e. The van der Waals surface area contributed by atoms with Gasteiger partial charge in [0, 0.05) is 41.9 Å². The van der Waals surface area contributed by atoms with Gasteiger partial charge in [-0.3, -0.25) is 14.6 Å². The molecule has 5 rings (SSSR count). The summed E-state index contributed by atoms with van der Waals surface area (Å²) in [6, 6.07) is 12.9. The van der Waals surface area contributed by atoms with Crippen LogP contribution in [-0.2, 0) is 18.3 Å². The van der Waals surface area contributed by atoms with Crippen molar-refractivity contribution >= 4 is 39.4 Å². The number of hydrogen-bond donors (Lipinski definition) is 3. The molecule has 2 aromatic heterocycles. The largest absolute Gasteiger partial charge is 0.480 e. The maximum Gasteiger partial charge on any atom is 0.408 e. The Bertz CT molecular complexity index is 2020. The van der Waals surface area contributed by atoms with Gasteiger partial charge in [0.05, 0.1) is 11.0 Å². The van der Waals surface area contributed by atoms with Crippen molar-refractivity contribution in [2.24, 2.45) is 7.05 Å². The molecule has 2 heterocycles. The van der Waals surface area contributed by atoms with E-state index in [1.165, 1.54) is 17.7 Å². The number of para-hydroxylation sites is 1. The molecule has 8 nitrogen and oxygen atoms in total. The Morgan fingerprint density at radius 3 is 2.33 bits per heavy atom. The number of carboxylic acid groups (broad SMARTS) is 1. The summed E-state index contributed by atoms with van der Waals surface area (Å²) in [4.78, 5) is 42.9. The zero-order chi connectivity index (χ0) is 33.3. The molecular formula is C33H27F5N4O4. The molecule has 3 N–H and O–H groups in total. The summed E-state index contributed by atoms with van der Waals surface area (Å²) in [5.41, 5.74) is 0.442. The predicted octanol–water partition coefficient (Wildman–Crippen LogP) is 6.21. The molecule has 5 aromatic rings. The number of carboxylic acids is 1. The van der Waals surface area contributed by atoms with E-state index < -0.39 is 59.4 Å². The van der Waals surface area contributed by atoms with E-state index in [0.29, 0.717) is 39.7 Å². The van der Waals surface area contributed by atoms with Gasteiger partial charge in [0.1, 0.15) is 29.3 Å². The first-order valence-corrected chi connectivity index (χ1v) is 14.1. The van der Waals surface area contributed by atoms with E-state index in [2.05, 4.69) is 10.3 Å². The van der Waals surface area contributed by atoms with Crippen LogP contribution in [0.3, 0.4) is 0 Å². The highest BCUT2D eigenvalue weighted by Gasteiger charge is 2.38. The van der Waals surface area contributed by atoms with Gasteiger partial charge >= 0.3 is 12.1 Å². The summed E-state index contributed by atoms with van der Waals surface area (Å²) >= 11 is 0. The summed E-state index contributed by atoms with van der Waals surface area (Å²) in [5, 5.41) is 15.3. The standard InChI is InChI=1S/C33H27F5N4O4/c1-3-27(33(36,37)38)40-19-15-23(34)28(24(35)16-19)30(43)41-25(32(45)46)14-17-10-11-21(29-20(17)8-6-12-39-29)22-13-18-7-4-5-9-26(18)42(2)31(22)44/h4-13,15-16,25,27,40H,3,14H2,1-2H3,(H,41,43)(H,45,46)/t25-,27+/m0/s1. The average molecular weight is 639 g/mol.